The standard InChI is InChI=1S/C17H26N2O2/c1-2-13-8-9-18-16(11-13)17(21)19-15(12-20)10-14-6-4-3-5-7-14/h3-7,13,15-16,18,20H,2,8-12H2,1H3,(H,19,21)/t13?,15-,16?/m0/s1. The van der Waals surface area contributed by atoms with Crippen LogP contribution in [-0.2, 0) is 11.2 Å². The molecule has 2 rings (SSSR count). The quantitative estimate of drug-likeness (QED) is 0.744. The molecular weight excluding hydrogens is 264 g/mol. The van der Waals surface area contributed by atoms with E-state index in [1.165, 1.54) is 0 Å². The van der Waals surface area contributed by atoms with Gasteiger partial charge in [0, 0.05) is 0 Å². The zero-order valence-electron chi connectivity index (χ0n) is 12.7. The van der Waals surface area contributed by atoms with Gasteiger partial charge in [-0.15, -0.1) is 0 Å². The molecule has 3 atom stereocenters. The Hall–Kier alpha value is -1.39. The van der Waals surface area contributed by atoms with Crippen LogP contribution in [0.1, 0.15) is 31.7 Å². The van der Waals surface area contributed by atoms with Crippen LogP contribution in [0.3, 0.4) is 0 Å². The molecule has 116 valence electrons. The SMILES string of the molecule is CCC1CCNC(C(=O)N[C@H](CO)Cc2ccccc2)C1. The molecule has 0 radical (unpaired) electrons. The molecule has 1 aliphatic rings. The van der Waals surface area contributed by atoms with E-state index >= 15 is 0 Å². The summed E-state index contributed by atoms with van der Waals surface area (Å²) in [6.45, 7) is 3.04. The molecule has 4 nitrogen and oxygen atoms in total. The first-order valence-electron chi connectivity index (χ1n) is 7.91. The predicted octanol–water partition coefficient (Wildman–Crippen LogP) is 1.48. The van der Waals surface area contributed by atoms with Gasteiger partial charge >= 0.3 is 0 Å². The topological polar surface area (TPSA) is 61.4 Å². The predicted molar refractivity (Wildman–Crippen MR) is 84.0 cm³/mol. The van der Waals surface area contributed by atoms with Gasteiger partial charge in [0.25, 0.3) is 0 Å². The molecule has 1 aromatic rings. The first-order valence-corrected chi connectivity index (χ1v) is 7.91. The van der Waals surface area contributed by atoms with Crippen LogP contribution < -0.4 is 10.6 Å². The highest BCUT2D eigenvalue weighted by Gasteiger charge is 2.27. The minimum absolute atomic E-state index is 0.0168. The summed E-state index contributed by atoms with van der Waals surface area (Å²) in [7, 11) is 0. The van der Waals surface area contributed by atoms with Crippen molar-refractivity contribution in [3.05, 3.63) is 35.9 Å². The minimum atomic E-state index is -0.219. The van der Waals surface area contributed by atoms with Crippen LogP contribution in [0.15, 0.2) is 30.3 Å². The smallest absolute Gasteiger partial charge is 0.237 e. The average molecular weight is 290 g/mol. The fourth-order valence-corrected chi connectivity index (χ4v) is 2.93. The van der Waals surface area contributed by atoms with Crippen LogP contribution >= 0.6 is 0 Å². The van der Waals surface area contributed by atoms with E-state index in [0.717, 1.165) is 31.4 Å². The van der Waals surface area contributed by atoms with E-state index in [2.05, 4.69) is 17.6 Å². The molecule has 1 fully saturated rings. The molecule has 2 unspecified atom stereocenters. The molecule has 1 aromatic carbocycles. The molecule has 0 bridgehead atoms. The highest BCUT2D eigenvalue weighted by Crippen LogP contribution is 2.19. The lowest BCUT2D eigenvalue weighted by atomic mass is 9.90. The summed E-state index contributed by atoms with van der Waals surface area (Å²) in [5.41, 5.74) is 1.12. The summed E-state index contributed by atoms with van der Waals surface area (Å²) in [5, 5.41) is 15.8. The fourth-order valence-electron chi connectivity index (χ4n) is 2.93. The van der Waals surface area contributed by atoms with Crippen molar-refractivity contribution in [2.75, 3.05) is 13.2 Å². The maximum absolute atomic E-state index is 12.3. The van der Waals surface area contributed by atoms with E-state index in [9.17, 15) is 9.90 Å². The Labute approximate surface area is 126 Å². The third kappa shape index (κ3) is 4.83. The molecule has 1 saturated heterocycles. The van der Waals surface area contributed by atoms with Crippen LogP contribution in [0.4, 0.5) is 0 Å². The molecule has 0 aromatic heterocycles. The highest BCUT2D eigenvalue weighted by atomic mass is 16.3. The van der Waals surface area contributed by atoms with Gasteiger partial charge in [-0.25, -0.2) is 0 Å². The van der Waals surface area contributed by atoms with Crippen molar-refractivity contribution in [2.24, 2.45) is 5.92 Å². The number of rotatable bonds is 6. The number of nitrogens with one attached hydrogen (secondary N) is 2. The van der Waals surface area contributed by atoms with E-state index in [-0.39, 0.29) is 24.6 Å². The Bertz CT molecular complexity index is 436. The summed E-state index contributed by atoms with van der Waals surface area (Å²) in [5.74, 6) is 0.645. The zero-order valence-corrected chi connectivity index (χ0v) is 12.7. The number of aliphatic hydroxyl groups excluding tert-OH is 1. The van der Waals surface area contributed by atoms with E-state index in [0.29, 0.717) is 12.3 Å². The highest BCUT2D eigenvalue weighted by molar-refractivity contribution is 5.82. The van der Waals surface area contributed by atoms with Gasteiger partial charge in [0.2, 0.25) is 5.91 Å². The number of amides is 1. The molecule has 1 amide bonds. The molecule has 21 heavy (non-hydrogen) atoms. The number of aliphatic hydroxyl groups is 1. The van der Waals surface area contributed by atoms with E-state index < -0.39 is 0 Å². The Kier molecular flexibility index (Phi) is 6.21. The lowest BCUT2D eigenvalue weighted by molar-refractivity contribution is -0.125. The molecule has 0 aliphatic carbocycles. The third-order valence-corrected chi connectivity index (χ3v) is 4.30. The normalized spacial score (nSPS) is 23.5. The molecular formula is C17H26N2O2. The Balaban J connectivity index is 1.87. The Morgan fingerprint density at radius 1 is 1.43 bits per heavy atom. The van der Waals surface area contributed by atoms with Crippen LogP contribution in [0, 0.1) is 5.92 Å². The summed E-state index contributed by atoms with van der Waals surface area (Å²) < 4.78 is 0. The number of piperidine rings is 1. The maximum atomic E-state index is 12.3. The van der Waals surface area contributed by atoms with Crippen LogP contribution in [0.5, 0.6) is 0 Å². The van der Waals surface area contributed by atoms with Crippen molar-refractivity contribution in [1.82, 2.24) is 10.6 Å². The summed E-state index contributed by atoms with van der Waals surface area (Å²) in [6, 6.07) is 9.60. The van der Waals surface area contributed by atoms with Gasteiger partial charge in [0.05, 0.1) is 18.7 Å². The molecule has 1 heterocycles. The van der Waals surface area contributed by atoms with Gasteiger partial charge in [-0.2, -0.15) is 0 Å². The van der Waals surface area contributed by atoms with Crippen molar-refractivity contribution in [1.29, 1.82) is 0 Å². The average Bonchev–Trinajstić information content (AvgIpc) is 2.55. The summed E-state index contributed by atoms with van der Waals surface area (Å²) in [4.78, 5) is 12.3. The second-order valence-electron chi connectivity index (χ2n) is 5.88. The van der Waals surface area contributed by atoms with Crippen molar-refractivity contribution in [3.63, 3.8) is 0 Å². The summed E-state index contributed by atoms with van der Waals surface area (Å²) in [6.07, 6.45) is 3.82. The Morgan fingerprint density at radius 3 is 2.86 bits per heavy atom. The lowest BCUT2D eigenvalue weighted by Crippen LogP contribution is -2.52. The Morgan fingerprint density at radius 2 is 2.19 bits per heavy atom. The molecule has 0 spiro atoms. The first kappa shape index (κ1) is 16.0. The lowest BCUT2D eigenvalue weighted by Gasteiger charge is -2.30. The number of carbonyl (C=O) groups is 1. The number of hydrogen-bond acceptors (Lipinski definition) is 3. The van der Waals surface area contributed by atoms with E-state index in [4.69, 9.17) is 0 Å². The van der Waals surface area contributed by atoms with Gasteiger partial charge in [0.1, 0.15) is 0 Å². The second kappa shape index (κ2) is 8.15. The van der Waals surface area contributed by atoms with Gasteiger partial charge in [-0.05, 0) is 37.3 Å². The second-order valence-corrected chi connectivity index (χ2v) is 5.88. The zero-order chi connectivity index (χ0) is 15.1. The number of benzene rings is 1. The van der Waals surface area contributed by atoms with Crippen LogP contribution in [-0.4, -0.2) is 36.2 Å². The minimum Gasteiger partial charge on any atom is -0.394 e. The van der Waals surface area contributed by atoms with Gasteiger partial charge in [-0.1, -0.05) is 43.7 Å². The molecule has 3 N–H and O–H groups in total. The fraction of sp³-hybridized carbons (Fsp3) is 0.588. The van der Waals surface area contributed by atoms with E-state index in [1.54, 1.807) is 0 Å². The van der Waals surface area contributed by atoms with Crippen molar-refractivity contribution in [3.8, 4) is 0 Å². The van der Waals surface area contributed by atoms with Gasteiger partial charge in [0.15, 0.2) is 0 Å². The monoisotopic (exact) mass is 290 g/mol. The number of carbonyl (C=O) groups excluding carboxylic acids is 1. The van der Waals surface area contributed by atoms with Gasteiger partial charge < -0.3 is 15.7 Å². The third-order valence-electron chi connectivity index (χ3n) is 4.30. The van der Waals surface area contributed by atoms with Gasteiger partial charge in [-0.3, -0.25) is 4.79 Å². The van der Waals surface area contributed by atoms with Crippen LogP contribution in [0.25, 0.3) is 0 Å². The van der Waals surface area contributed by atoms with E-state index in [1.807, 2.05) is 30.3 Å². The summed E-state index contributed by atoms with van der Waals surface area (Å²) >= 11 is 0. The maximum Gasteiger partial charge on any atom is 0.237 e. The largest absolute Gasteiger partial charge is 0.394 e. The van der Waals surface area contributed by atoms with Crippen molar-refractivity contribution >= 4 is 5.91 Å². The van der Waals surface area contributed by atoms with Crippen LogP contribution in [0.2, 0.25) is 0 Å². The van der Waals surface area contributed by atoms with Crippen molar-refractivity contribution < 1.29 is 9.90 Å². The molecule has 4 heteroatoms. The number of hydrogen-bond donors (Lipinski definition) is 3. The van der Waals surface area contributed by atoms with Crippen molar-refractivity contribution in [2.45, 2.75) is 44.7 Å². The molecule has 1 aliphatic heterocycles. The first-order chi connectivity index (χ1) is 10.2. The molecule has 0 saturated carbocycles.